The molecule has 2 aromatic heterocycles. The number of carbonyl (C=O) groups excluding carboxylic acids is 2. The molecule has 3 rings (SSSR count). The van der Waals surface area contributed by atoms with Crippen LogP contribution < -0.4 is 10.6 Å². The first-order valence-corrected chi connectivity index (χ1v) is 8.47. The Labute approximate surface area is 153 Å². The molecule has 1 aromatic carbocycles. The normalized spacial score (nSPS) is 11.0. The third-order valence-corrected chi connectivity index (χ3v) is 4.22. The minimum Gasteiger partial charge on any atom is -0.361 e. The summed E-state index contributed by atoms with van der Waals surface area (Å²) < 4.78 is 28.8. The standard InChI is InChI=1S/C18H19F2N5O2/c1-3-25-16(10(2)8-23-25)24-18(27)17(26)21-5-4-11-9-22-14-7-12(19)6-13(20)15(11)14/h6-9,22H,3-5H2,1-2H3,(H,21,26)(H,24,27). The molecule has 0 unspecified atom stereocenters. The van der Waals surface area contributed by atoms with E-state index in [-0.39, 0.29) is 18.4 Å². The minimum absolute atomic E-state index is 0.127. The van der Waals surface area contributed by atoms with Gasteiger partial charge in [0.15, 0.2) is 0 Å². The number of carbonyl (C=O) groups is 2. The lowest BCUT2D eigenvalue weighted by atomic mass is 10.1. The average Bonchev–Trinajstić information content (AvgIpc) is 3.18. The number of aryl methyl sites for hydroxylation is 2. The van der Waals surface area contributed by atoms with E-state index in [0.717, 1.165) is 11.6 Å². The third-order valence-electron chi connectivity index (χ3n) is 4.22. The van der Waals surface area contributed by atoms with Gasteiger partial charge in [0.25, 0.3) is 0 Å². The Kier molecular flexibility index (Phi) is 5.20. The van der Waals surface area contributed by atoms with Crippen LogP contribution in [-0.4, -0.2) is 33.1 Å². The molecule has 27 heavy (non-hydrogen) atoms. The van der Waals surface area contributed by atoms with Gasteiger partial charge in [0.05, 0.1) is 11.7 Å². The number of fused-ring (bicyclic) bond motifs is 1. The molecule has 0 aliphatic heterocycles. The minimum atomic E-state index is -0.805. The molecule has 0 radical (unpaired) electrons. The van der Waals surface area contributed by atoms with Gasteiger partial charge in [-0.15, -0.1) is 0 Å². The Balaban J connectivity index is 1.60. The Morgan fingerprint density at radius 2 is 2.04 bits per heavy atom. The van der Waals surface area contributed by atoms with Gasteiger partial charge in [-0.1, -0.05) is 0 Å². The molecule has 0 fully saturated rings. The SMILES string of the molecule is CCn1ncc(C)c1NC(=O)C(=O)NCCc1c[nH]c2cc(F)cc(F)c12. The quantitative estimate of drug-likeness (QED) is 0.598. The molecule has 0 aliphatic carbocycles. The number of halogens is 2. The Hall–Kier alpha value is -3.23. The van der Waals surface area contributed by atoms with Gasteiger partial charge in [-0.05, 0) is 31.9 Å². The first-order chi connectivity index (χ1) is 12.9. The molecule has 142 valence electrons. The lowest BCUT2D eigenvalue weighted by Gasteiger charge is -2.09. The van der Waals surface area contributed by atoms with Crippen molar-refractivity contribution >= 4 is 28.5 Å². The van der Waals surface area contributed by atoms with Crippen LogP contribution in [0.25, 0.3) is 10.9 Å². The number of benzene rings is 1. The third kappa shape index (κ3) is 3.81. The number of anilines is 1. The van der Waals surface area contributed by atoms with Crippen LogP contribution in [0.2, 0.25) is 0 Å². The fraction of sp³-hybridized carbons (Fsp3) is 0.278. The van der Waals surface area contributed by atoms with Gasteiger partial charge in [-0.25, -0.2) is 13.5 Å². The Morgan fingerprint density at radius 3 is 2.78 bits per heavy atom. The first-order valence-electron chi connectivity index (χ1n) is 8.47. The number of amides is 2. The highest BCUT2D eigenvalue weighted by Gasteiger charge is 2.17. The van der Waals surface area contributed by atoms with Crippen molar-refractivity contribution in [1.82, 2.24) is 20.1 Å². The topological polar surface area (TPSA) is 91.8 Å². The van der Waals surface area contributed by atoms with E-state index in [9.17, 15) is 18.4 Å². The number of aromatic nitrogens is 3. The molecule has 2 heterocycles. The predicted molar refractivity (Wildman–Crippen MR) is 96.2 cm³/mol. The monoisotopic (exact) mass is 375 g/mol. The van der Waals surface area contributed by atoms with E-state index in [1.807, 2.05) is 6.92 Å². The lowest BCUT2D eigenvalue weighted by molar-refractivity contribution is -0.136. The molecular weight excluding hydrogens is 356 g/mol. The summed E-state index contributed by atoms with van der Waals surface area (Å²) in [6.45, 7) is 4.33. The van der Waals surface area contributed by atoms with E-state index in [2.05, 4.69) is 20.7 Å². The number of aromatic amines is 1. The summed E-state index contributed by atoms with van der Waals surface area (Å²) in [5, 5.41) is 9.40. The van der Waals surface area contributed by atoms with E-state index < -0.39 is 23.4 Å². The molecule has 7 nitrogen and oxygen atoms in total. The van der Waals surface area contributed by atoms with Crippen LogP contribution in [0.4, 0.5) is 14.6 Å². The first kappa shape index (κ1) is 18.6. The van der Waals surface area contributed by atoms with Crippen LogP contribution in [0.1, 0.15) is 18.1 Å². The van der Waals surface area contributed by atoms with Gasteiger partial charge in [0.2, 0.25) is 0 Å². The summed E-state index contributed by atoms with van der Waals surface area (Å²) in [6.07, 6.45) is 3.45. The molecule has 0 bridgehead atoms. The smallest absolute Gasteiger partial charge is 0.314 e. The van der Waals surface area contributed by atoms with Crippen LogP contribution in [0.3, 0.4) is 0 Å². The zero-order valence-corrected chi connectivity index (χ0v) is 14.9. The number of rotatable bonds is 5. The van der Waals surface area contributed by atoms with E-state index in [4.69, 9.17) is 0 Å². The molecular formula is C18H19F2N5O2. The highest BCUT2D eigenvalue weighted by atomic mass is 19.1. The Bertz CT molecular complexity index is 1010. The summed E-state index contributed by atoms with van der Waals surface area (Å²) in [5.74, 6) is -2.47. The van der Waals surface area contributed by atoms with Crippen molar-refractivity contribution in [3.8, 4) is 0 Å². The van der Waals surface area contributed by atoms with E-state index in [1.54, 1.807) is 24.0 Å². The van der Waals surface area contributed by atoms with Crippen molar-refractivity contribution in [2.75, 3.05) is 11.9 Å². The second-order valence-corrected chi connectivity index (χ2v) is 6.08. The van der Waals surface area contributed by atoms with Crippen LogP contribution in [0.15, 0.2) is 24.5 Å². The molecule has 3 aromatic rings. The van der Waals surface area contributed by atoms with Crippen molar-refractivity contribution in [1.29, 1.82) is 0 Å². The van der Waals surface area contributed by atoms with E-state index >= 15 is 0 Å². The Morgan fingerprint density at radius 1 is 1.26 bits per heavy atom. The molecule has 0 saturated carbocycles. The van der Waals surface area contributed by atoms with Crippen molar-refractivity contribution in [2.45, 2.75) is 26.8 Å². The van der Waals surface area contributed by atoms with Gasteiger partial charge in [-0.2, -0.15) is 5.10 Å². The highest BCUT2D eigenvalue weighted by Crippen LogP contribution is 2.23. The molecule has 0 saturated heterocycles. The second-order valence-electron chi connectivity index (χ2n) is 6.08. The zero-order valence-electron chi connectivity index (χ0n) is 14.9. The maximum atomic E-state index is 14.0. The average molecular weight is 375 g/mol. The fourth-order valence-electron chi connectivity index (χ4n) is 2.88. The van der Waals surface area contributed by atoms with Crippen molar-refractivity contribution in [2.24, 2.45) is 0 Å². The van der Waals surface area contributed by atoms with Crippen LogP contribution >= 0.6 is 0 Å². The van der Waals surface area contributed by atoms with Gasteiger partial charge >= 0.3 is 11.8 Å². The summed E-state index contributed by atoms with van der Waals surface area (Å²) in [4.78, 5) is 26.9. The summed E-state index contributed by atoms with van der Waals surface area (Å²) >= 11 is 0. The molecule has 9 heteroatoms. The van der Waals surface area contributed by atoms with Crippen molar-refractivity contribution in [3.63, 3.8) is 0 Å². The number of nitrogens with zero attached hydrogens (tertiary/aromatic N) is 2. The van der Waals surface area contributed by atoms with E-state index in [0.29, 0.717) is 23.4 Å². The molecule has 0 atom stereocenters. The second kappa shape index (κ2) is 7.56. The van der Waals surface area contributed by atoms with Gasteiger partial charge in [-0.3, -0.25) is 9.59 Å². The molecule has 0 aliphatic rings. The fourth-order valence-corrected chi connectivity index (χ4v) is 2.88. The van der Waals surface area contributed by atoms with Crippen molar-refractivity contribution in [3.05, 3.63) is 47.3 Å². The number of nitrogens with one attached hydrogen (secondary N) is 3. The van der Waals surface area contributed by atoms with Crippen LogP contribution in [0, 0.1) is 18.6 Å². The maximum Gasteiger partial charge on any atom is 0.314 e. The largest absolute Gasteiger partial charge is 0.361 e. The van der Waals surface area contributed by atoms with Gasteiger partial charge in [0.1, 0.15) is 17.5 Å². The molecule has 3 N–H and O–H groups in total. The number of H-pyrrole nitrogens is 1. The van der Waals surface area contributed by atoms with Gasteiger partial charge in [0, 0.05) is 36.3 Å². The summed E-state index contributed by atoms with van der Waals surface area (Å²) in [6, 6.07) is 2.01. The summed E-state index contributed by atoms with van der Waals surface area (Å²) in [7, 11) is 0. The van der Waals surface area contributed by atoms with E-state index in [1.165, 1.54) is 6.07 Å². The highest BCUT2D eigenvalue weighted by molar-refractivity contribution is 6.39. The summed E-state index contributed by atoms with van der Waals surface area (Å²) in [5.41, 5.74) is 1.68. The van der Waals surface area contributed by atoms with Crippen LogP contribution in [0.5, 0.6) is 0 Å². The molecule has 0 spiro atoms. The number of hydrogen-bond donors (Lipinski definition) is 3. The van der Waals surface area contributed by atoms with Crippen LogP contribution in [-0.2, 0) is 22.6 Å². The number of hydrogen-bond acceptors (Lipinski definition) is 3. The lowest BCUT2D eigenvalue weighted by Crippen LogP contribution is -2.37. The maximum absolute atomic E-state index is 14.0. The van der Waals surface area contributed by atoms with Gasteiger partial charge < -0.3 is 15.6 Å². The zero-order chi connectivity index (χ0) is 19.6. The van der Waals surface area contributed by atoms with Crippen molar-refractivity contribution < 1.29 is 18.4 Å². The predicted octanol–water partition coefficient (Wildman–Crippen LogP) is 2.27. The molecule has 2 amide bonds.